The summed E-state index contributed by atoms with van der Waals surface area (Å²) in [7, 11) is 1.68. The topological polar surface area (TPSA) is 72.6 Å². The van der Waals surface area contributed by atoms with Crippen molar-refractivity contribution in [1.82, 2.24) is 0 Å². The SMILES string of the molecule is C[C@@H](Oc1ccccc1C(N)=O)C(=O)N(C)c1ccccc1. The van der Waals surface area contributed by atoms with E-state index >= 15 is 0 Å². The normalized spacial score (nSPS) is 11.5. The van der Waals surface area contributed by atoms with Crippen LogP contribution in [0.2, 0.25) is 0 Å². The van der Waals surface area contributed by atoms with E-state index < -0.39 is 12.0 Å². The number of rotatable bonds is 5. The number of carbonyl (C=O) groups is 2. The molecule has 2 aromatic carbocycles. The van der Waals surface area contributed by atoms with Crippen molar-refractivity contribution in [2.75, 3.05) is 11.9 Å². The van der Waals surface area contributed by atoms with E-state index in [0.717, 1.165) is 5.69 Å². The van der Waals surface area contributed by atoms with E-state index in [1.165, 1.54) is 4.90 Å². The van der Waals surface area contributed by atoms with Gasteiger partial charge in [-0.2, -0.15) is 0 Å². The molecule has 0 heterocycles. The largest absolute Gasteiger partial charge is 0.480 e. The van der Waals surface area contributed by atoms with E-state index in [2.05, 4.69) is 0 Å². The zero-order chi connectivity index (χ0) is 16.1. The van der Waals surface area contributed by atoms with E-state index in [-0.39, 0.29) is 11.5 Å². The summed E-state index contributed by atoms with van der Waals surface area (Å²) < 4.78 is 5.62. The van der Waals surface area contributed by atoms with Crippen molar-refractivity contribution in [2.24, 2.45) is 5.73 Å². The molecule has 2 amide bonds. The Morgan fingerprint density at radius 1 is 1.05 bits per heavy atom. The molecule has 2 rings (SSSR count). The number of amides is 2. The summed E-state index contributed by atoms with van der Waals surface area (Å²) in [4.78, 5) is 25.3. The number of carbonyl (C=O) groups excluding carboxylic acids is 2. The van der Waals surface area contributed by atoms with Gasteiger partial charge in [0.05, 0.1) is 5.56 Å². The number of nitrogens with zero attached hydrogens (tertiary/aromatic N) is 1. The molecule has 0 fully saturated rings. The van der Waals surface area contributed by atoms with Gasteiger partial charge < -0.3 is 15.4 Å². The van der Waals surface area contributed by atoms with Crippen molar-refractivity contribution >= 4 is 17.5 Å². The van der Waals surface area contributed by atoms with Crippen LogP contribution < -0.4 is 15.4 Å². The van der Waals surface area contributed by atoms with Gasteiger partial charge in [-0.05, 0) is 31.2 Å². The van der Waals surface area contributed by atoms with Crippen molar-refractivity contribution in [3.63, 3.8) is 0 Å². The summed E-state index contributed by atoms with van der Waals surface area (Å²) in [5.74, 6) is -0.505. The summed E-state index contributed by atoms with van der Waals surface area (Å²) in [5, 5.41) is 0. The maximum Gasteiger partial charge on any atom is 0.267 e. The summed E-state index contributed by atoms with van der Waals surface area (Å²) in [6, 6.07) is 15.9. The van der Waals surface area contributed by atoms with Crippen LogP contribution in [0, 0.1) is 0 Å². The molecule has 0 aromatic heterocycles. The second kappa shape index (κ2) is 6.76. The standard InChI is InChI=1S/C17H18N2O3/c1-12(17(21)19(2)13-8-4-3-5-9-13)22-15-11-7-6-10-14(15)16(18)20/h3-12H,1-2H3,(H2,18,20)/t12-/m1/s1. The van der Waals surface area contributed by atoms with Crippen LogP contribution in [-0.2, 0) is 4.79 Å². The van der Waals surface area contributed by atoms with Crippen molar-refractivity contribution in [1.29, 1.82) is 0 Å². The van der Waals surface area contributed by atoms with Crippen LogP contribution in [0.3, 0.4) is 0 Å². The van der Waals surface area contributed by atoms with Gasteiger partial charge in [-0.15, -0.1) is 0 Å². The van der Waals surface area contributed by atoms with Crippen LogP contribution in [0.1, 0.15) is 17.3 Å². The van der Waals surface area contributed by atoms with E-state index in [4.69, 9.17) is 10.5 Å². The first-order valence-electron chi connectivity index (χ1n) is 6.89. The zero-order valence-corrected chi connectivity index (χ0v) is 12.5. The van der Waals surface area contributed by atoms with Crippen LogP contribution in [0.4, 0.5) is 5.69 Å². The second-order valence-electron chi connectivity index (χ2n) is 4.85. The lowest BCUT2D eigenvalue weighted by atomic mass is 10.2. The van der Waals surface area contributed by atoms with Gasteiger partial charge in [-0.25, -0.2) is 0 Å². The van der Waals surface area contributed by atoms with Gasteiger partial charge in [0.2, 0.25) is 0 Å². The van der Waals surface area contributed by atoms with Gasteiger partial charge in [0.25, 0.3) is 11.8 Å². The van der Waals surface area contributed by atoms with E-state index in [0.29, 0.717) is 5.75 Å². The van der Waals surface area contributed by atoms with Crippen LogP contribution in [0.15, 0.2) is 54.6 Å². The summed E-state index contributed by atoms with van der Waals surface area (Å²) in [6.07, 6.45) is -0.745. The fourth-order valence-corrected chi connectivity index (χ4v) is 2.07. The van der Waals surface area contributed by atoms with E-state index in [1.54, 1.807) is 38.2 Å². The number of ether oxygens (including phenoxy) is 1. The number of hydrogen-bond donors (Lipinski definition) is 1. The summed E-state index contributed by atoms with van der Waals surface area (Å²) in [5.41, 5.74) is 6.33. The van der Waals surface area contributed by atoms with Crippen LogP contribution in [-0.4, -0.2) is 25.0 Å². The van der Waals surface area contributed by atoms with Crippen molar-refractivity contribution < 1.29 is 14.3 Å². The Bertz CT molecular complexity index is 671. The van der Waals surface area contributed by atoms with Crippen LogP contribution in [0.25, 0.3) is 0 Å². The number of hydrogen-bond acceptors (Lipinski definition) is 3. The maximum atomic E-state index is 12.4. The number of anilines is 1. The molecule has 114 valence electrons. The van der Waals surface area contributed by atoms with Gasteiger partial charge in [-0.1, -0.05) is 30.3 Å². The lowest BCUT2D eigenvalue weighted by Crippen LogP contribution is -2.38. The number of likely N-dealkylation sites (N-methyl/N-ethyl adjacent to an activating group) is 1. The highest BCUT2D eigenvalue weighted by atomic mass is 16.5. The minimum atomic E-state index is -0.745. The molecule has 0 aliphatic carbocycles. The molecule has 0 aliphatic heterocycles. The average molecular weight is 298 g/mol. The molecule has 5 heteroatoms. The molecule has 0 aliphatic rings. The van der Waals surface area contributed by atoms with Crippen molar-refractivity contribution in [3.05, 3.63) is 60.2 Å². The smallest absolute Gasteiger partial charge is 0.267 e. The molecule has 0 radical (unpaired) electrons. The highest BCUT2D eigenvalue weighted by Gasteiger charge is 2.22. The van der Waals surface area contributed by atoms with Crippen LogP contribution in [0.5, 0.6) is 5.75 Å². The number of para-hydroxylation sites is 2. The molecule has 22 heavy (non-hydrogen) atoms. The molecule has 0 unspecified atom stereocenters. The lowest BCUT2D eigenvalue weighted by molar-refractivity contribution is -0.124. The minimum Gasteiger partial charge on any atom is -0.480 e. The van der Waals surface area contributed by atoms with Gasteiger partial charge in [-0.3, -0.25) is 9.59 Å². The van der Waals surface area contributed by atoms with Crippen molar-refractivity contribution in [3.8, 4) is 5.75 Å². The Labute approximate surface area is 129 Å². The third-order valence-corrected chi connectivity index (χ3v) is 3.28. The minimum absolute atomic E-state index is 0.217. The fraction of sp³-hybridized carbons (Fsp3) is 0.176. The number of primary amides is 1. The fourth-order valence-electron chi connectivity index (χ4n) is 2.07. The molecule has 0 saturated heterocycles. The first-order valence-corrected chi connectivity index (χ1v) is 6.89. The Hall–Kier alpha value is -2.82. The highest BCUT2D eigenvalue weighted by Crippen LogP contribution is 2.20. The predicted octanol–water partition coefficient (Wildman–Crippen LogP) is 2.22. The number of benzene rings is 2. The molecular formula is C17H18N2O3. The maximum absolute atomic E-state index is 12.4. The Morgan fingerprint density at radius 3 is 2.27 bits per heavy atom. The Morgan fingerprint density at radius 2 is 1.64 bits per heavy atom. The van der Waals surface area contributed by atoms with E-state index in [1.807, 2.05) is 30.3 Å². The van der Waals surface area contributed by atoms with Gasteiger partial charge in [0, 0.05) is 12.7 Å². The molecule has 0 spiro atoms. The zero-order valence-electron chi connectivity index (χ0n) is 12.5. The lowest BCUT2D eigenvalue weighted by Gasteiger charge is -2.22. The molecule has 0 bridgehead atoms. The Balaban J connectivity index is 2.14. The molecule has 2 aromatic rings. The van der Waals surface area contributed by atoms with Gasteiger partial charge >= 0.3 is 0 Å². The summed E-state index contributed by atoms with van der Waals surface area (Å²) in [6.45, 7) is 1.64. The predicted molar refractivity (Wildman–Crippen MR) is 84.9 cm³/mol. The van der Waals surface area contributed by atoms with Gasteiger partial charge in [0.1, 0.15) is 5.75 Å². The molecule has 1 atom stereocenters. The van der Waals surface area contributed by atoms with Crippen molar-refractivity contribution in [2.45, 2.75) is 13.0 Å². The third kappa shape index (κ3) is 3.44. The van der Waals surface area contributed by atoms with Gasteiger partial charge in [0.15, 0.2) is 6.10 Å². The number of nitrogens with two attached hydrogens (primary N) is 1. The van der Waals surface area contributed by atoms with Crippen LogP contribution >= 0.6 is 0 Å². The van der Waals surface area contributed by atoms with E-state index in [9.17, 15) is 9.59 Å². The molecular weight excluding hydrogens is 280 g/mol. The Kier molecular flexibility index (Phi) is 4.78. The third-order valence-electron chi connectivity index (χ3n) is 3.28. The summed E-state index contributed by atoms with van der Waals surface area (Å²) >= 11 is 0. The molecule has 5 nitrogen and oxygen atoms in total. The first-order chi connectivity index (χ1) is 10.5. The molecule has 2 N–H and O–H groups in total. The second-order valence-corrected chi connectivity index (χ2v) is 4.85. The highest BCUT2D eigenvalue weighted by molar-refractivity contribution is 5.97. The average Bonchev–Trinajstić information content (AvgIpc) is 2.54. The molecule has 0 saturated carbocycles. The monoisotopic (exact) mass is 298 g/mol. The first kappa shape index (κ1) is 15.6. The quantitative estimate of drug-likeness (QED) is 0.920.